The van der Waals surface area contributed by atoms with Crippen molar-refractivity contribution in [1.82, 2.24) is 15.5 Å². The van der Waals surface area contributed by atoms with Gasteiger partial charge in [0.25, 0.3) is 0 Å². The van der Waals surface area contributed by atoms with Crippen molar-refractivity contribution in [2.45, 2.75) is 12.5 Å². The number of nitrogens with one attached hydrogen (secondary N) is 2. The van der Waals surface area contributed by atoms with Gasteiger partial charge in [-0.25, -0.2) is 0 Å². The van der Waals surface area contributed by atoms with Gasteiger partial charge in [0.1, 0.15) is 0 Å². The number of amides is 1. The van der Waals surface area contributed by atoms with E-state index in [9.17, 15) is 4.79 Å². The van der Waals surface area contributed by atoms with E-state index in [0.29, 0.717) is 0 Å². The van der Waals surface area contributed by atoms with Gasteiger partial charge < -0.3 is 5.32 Å². The molecule has 0 radical (unpaired) electrons. The van der Waals surface area contributed by atoms with E-state index < -0.39 is 0 Å². The maximum Gasteiger partial charge on any atom is 0.226 e. The molecule has 0 saturated carbocycles. The predicted molar refractivity (Wildman–Crippen MR) is 85.2 cm³/mol. The second-order valence-corrected chi connectivity index (χ2v) is 5.08. The van der Waals surface area contributed by atoms with Crippen LogP contribution in [0.1, 0.15) is 22.9 Å². The average molecular weight is 291 g/mol. The maximum atomic E-state index is 12.3. The third kappa shape index (κ3) is 3.41. The Labute approximate surface area is 129 Å². The molecule has 0 aliphatic rings. The van der Waals surface area contributed by atoms with Gasteiger partial charge in [-0.15, -0.1) is 0 Å². The van der Waals surface area contributed by atoms with E-state index in [1.54, 1.807) is 12.3 Å². The fraction of sp³-hybridized carbons (Fsp3) is 0.111. The summed E-state index contributed by atoms with van der Waals surface area (Å²) in [4.78, 5) is 12.3. The standard InChI is InChI=1S/C18H17N3O/c22-17(13-16-11-12-19-21-16)20-18(14-7-3-1-4-8-14)15-9-5-2-6-10-15/h1-12,18H,13H2,(H,19,21)(H,20,22). The second kappa shape index (κ2) is 6.72. The Kier molecular flexibility index (Phi) is 4.30. The van der Waals surface area contributed by atoms with Gasteiger partial charge in [0, 0.05) is 11.9 Å². The average Bonchev–Trinajstić information content (AvgIpc) is 3.07. The van der Waals surface area contributed by atoms with Crippen LogP contribution in [0, 0.1) is 0 Å². The first-order chi connectivity index (χ1) is 10.8. The van der Waals surface area contributed by atoms with Gasteiger partial charge in [-0.1, -0.05) is 60.7 Å². The Bertz CT molecular complexity index is 669. The number of carbonyl (C=O) groups excluding carboxylic acids is 1. The van der Waals surface area contributed by atoms with Crippen LogP contribution in [0.3, 0.4) is 0 Å². The molecule has 1 amide bonds. The highest BCUT2D eigenvalue weighted by atomic mass is 16.1. The molecular formula is C18H17N3O. The molecule has 3 rings (SSSR count). The van der Waals surface area contributed by atoms with Gasteiger partial charge in [-0.05, 0) is 17.2 Å². The molecule has 0 aliphatic heterocycles. The van der Waals surface area contributed by atoms with Crippen LogP contribution in [0.15, 0.2) is 72.9 Å². The van der Waals surface area contributed by atoms with Crippen molar-refractivity contribution in [2.24, 2.45) is 0 Å². The summed E-state index contributed by atoms with van der Waals surface area (Å²) in [5.41, 5.74) is 2.93. The molecule has 4 heteroatoms. The molecule has 1 aromatic heterocycles. The van der Waals surface area contributed by atoms with Crippen molar-refractivity contribution in [3.63, 3.8) is 0 Å². The van der Waals surface area contributed by atoms with Gasteiger partial charge in [-0.3, -0.25) is 9.89 Å². The first kappa shape index (κ1) is 14.1. The first-order valence-corrected chi connectivity index (χ1v) is 7.20. The minimum atomic E-state index is -0.155. The normalized spacial score (nSPS) is 10.6. The van der Waals surface area contributed by atoms with Crippen molar-refractivity contribution in [1.29, 1.82) is 0 Å². The Morgan fingerprint density at radius 3 is 2.05 bits per heavy atom. The lowest BCUT2D eigenvalue weighted by Gasteiger charge is -2.19. The number of hydrogen-bond acceptors (Lipinski definition) is 2. The van der Waals surface area contributed by atoms with Crippen molar-refractivity contribution in [2.75, 3.05) is 0 Å². The van der Waals surface area contributed by atoms with Crippen LogP contribution in [0.2, 0.25) is 0 Å². The van der Waals surface area contributed by atoms with E-state index in [1.807, 2.05) is 60.7 Å². The summed E-state index contributed by atoms with van der Waals surface area (Å²) in [7, 11) is 0. The van der Waals surface area contributed by atoms with E-state index >= 15 is 0 Å². The van der Waals surface area contributed by atoms with E-state index in [-0.39, 0.29) is 18.4 Å². The first-order valence-electron chi connectivity index (χ1n) is 7.20. The van der Waals surface area contributed by atoms with Crippen LogP contribution in [-0.2, 0) is 11.2 Å². The summed E-state index contributed by atoms with van der Waals surface area (Å²) >= 11 is 0. The van der Waals surface area contributed by atoms with Gasteiger partial charge in [0.05, 0.1) is 12.5 Å². The lowest BCUT2D eigenvalue weighted by molar-refractivity contribution is -0.121. The largest absolute Gasteiger partial charge is 0.345 e. The SMILES string of the molecule is O=C(Cc1ccn[nH]1)NC(c1ccccc1)c1ccccc1. The number of aromatic nitrogens is 2. The maximum absolute atomic E-state index is 12.3. The molecule has 0 aliphatic carbocycles. The van der Waals surface area contributed by atoms with Crippen LogP contribution in [0.5, 0.6) is 0 Å². The van der Waals surface area contributed by atoms with Crippen molar-refractivity contribution in [3.8, 4) is 0 Å². The second-order valence-electron chi connectivity index (χ2n) is 5.08. The number of H-pyrrole nitrogens is 1. The van der Waals surface area contributed by atoms with E-state index in [2.05, 4.69) is 15.5 Å². The fourth-order valence-electron chi connectivity index (χ4n) is 2.42. The monoisotopic (exact) mass is 291 g/mol. The zero-order valence-electron chi connectivity index (χ0n) is 12.1. The lowest BCUT2D eigenvalue weighted by atomic mass is 9.98. The van der Waals surface area contributed by atoms with Crippen LogP contribution in [0.25, 0.3) is 0 Å². The van der Waals surface area contributed by atoms with Crippen LogP contribution in [-0.4, -0.2) is 16.1 Å². The molecule has 22 heavy (non-hydrogen) atoms. The van der Waals surface area contributed by atoms with Crippen molar-refractivity contribution < 1.29 is 4.79 Å². The number of aromatic amines is 1. The Morgan fingerprint density at radius 1 is 0.955 bits per heavy atom. The summed E-state index contributed by atoms with van der Waals surface area (Å²) in [5.74, 6) is -0.0399. The number of nitrogens with zero attached hydrogens (tertiary/aromatic N) is 1. The molecule has 1 heterocycles. The molecule has 0 spiro atoms. The highest BCUT2D eigenvalue weighted by Crippen LogP contribution is 2.21. The molecule has 0 atom stereocenters. The molecular weight excluding hydrogens is 274 g/mol. The van der Waals surface area contributed by atoms with E-state index in [0.717, 1.165) is 16.8 Å². The molecule has 4 nitrogen and oxygen atoms in total. The molecule has 110 valence electrons. The highest BCUT2D eigenvalue weighted by molar-refractivity contribution is 5.79. The molecule has 0 saturated heterocycles. The van der Waals surface area contributed by atoms with Gasteiger partial charge in [0.15, 0.2) is 0 Å². The zero-order chi connectivity index (χ0) is 15.2. The molecule has 0 bridgehead atoms. The van der Waals surface area contributed by atoms with Crippen LogP contribution < -0.4 is 5.32 Å². The fourth-order valence-corrected chi connectivity index (χ4v) is 2.42. The number of hydrogen-bond donors (Lipinski definition) is 2. The number of benzene rings is 2. The Balaban J connectivity index is 1.81. The minimum Gasteiger partial charge on any atom is -0.345 e. The summed E-state index contributed by atoms with van der Waals surface area (Å²) in [6.45, 7) is 0. The van der Waals surface area contributed by atoms with Crippen molar-refractivity contribution in [3.05, 3.63) is 89.7 Å². The van der Waals surface area contributed by atoms with Gasteiger partial charge >= 0.3 is 0 Å². The number of rotatable bonds is 5. The van der Waals surface area contributed by atoms with Gasteiger partial charge in [0.2, 0.25) is 5.91 Å². The molecule has 0 fully saturated rings. The predicted octanol–water partition coefficient (Wildman–Crippen LogP) is 2.86. The quantitative estimate of drug-likeness (QED) is 0.759. The molecule has 0 unspecified atom stereocenters. The summed E-state index contributed by atoms with van der Waals surface area (Å²) in [6.07, 6.45) is 1.94. The smallest absolute Gasteiger partial charge is 0.226 e. The summed E-state index contributed by atoms with van der Waals surface area (Å²) in [5, 5.41) is 9.78. The summed E-state index contributed by atoms with van der Waals surface area (Å²) < 4.78 is 0. The minimum absolute atomic E-state index is 0.0399. The topological polar surface area (TPSA) is 57.8 Å². The van der Waals surface area contributed by atoms with Crippen LogP contribution in [0.4, 0.5) is 0 Å². The third-order valence-corrected chi connectivity index (χ3v) is 3.48. The summed E-state index contributed by atoms with van der Waals surface area (Å²) in [6, 6.07) is 21.6. The molecule has 2 N–H and O–H groups in total. The van der Waals surface area contributed by atoms with Gasteiger partial charge in [-0.2, -0.15) is 5.10 Å². The number of carbonyl (C=O) groups is 1. The van der Waals surface area contributed by atoms with E-state index in [1.165, 1.54) is 0 Å². The Morgan fingerprint density at radius 2 is 1.55 bits per heavy atom. The lowest BCUT2D eigenvalue weighted by Crippen LogP contribution is -2.30. The van der Waals surface area contributed by atoms with Crippen molar-refractivity contribution >= 4 is 5.91 Å². The third-order valence-electron chi connectivity index (χ3n) is 3.48. The molecule has 3 aromatic rings. The molecule has 2 aromatic carbocycles. The van der Waals surface area contributed by atoms with Crippen LogP contribution >= 0.6 is 0 Å². The zero-order valence-corrected chi connectivity index (χ0v) is 12.1. The Hall–Kier alpha value is -2.88. The highest BCUT2D eigenvalue weighted by Gasteiger charge is 2.16. The van der Waals surface area contributed by atoms with E-state index in [4.69, 9.17) is 0 Å².